The molecule has 0 heterocycles. The summed E-state index contributed by atoms with van der Waals surface area (Å²) in [6.07, 6.45) is 17.1. The van der Waals surface area contributed by atoms with Crippen LogP contribution < -0.4 is 56.1 Å². The number of hydrogen-bond acceptors (Lipinski definition) is 4. The molecule has 6 heteroatoms. The topological polar surface area (TPSA) is 66.4 Å². The van der Waals surface area contributed by atoms with E-state index in [1.54, 1.807) is 6.07 Å². The number of benzene rings is 2. The van der Waals surface area contributed by atoms with Crippen molar-refractivity contribution < 1.29 is 69.1 Å². The molecule has 0 aliphatic rings. The molecule has 0 radical (unpaired) electrons. The molecule has 0 atom stereocenters. The molecule has 2 aromatic rings. The van der Waals surface area contributed by atoms with E-state index < -0.39 is 10.1 Å². The molecule has 0 aliphatic heterocycles. The fraction of sp³-hybridized carbons (Fsp3) is 0.538. The van der Waals surface area contributed by atoms with Gasteiger partial charge in [0, 0.05) is 0 Å². The maximum atomic E-state index is 11.2. The van der Waals surface area contributed by atoms with E-state index >= 15 is 0 Å². The summed E-state index contributed by atoms with van der Waals surface area (Å²) < 4.78 is 39.3. The Balaban J connectivity index is 0.00000512. The monoisotopic (exact) mass is 484 g/mol. The van der Waals surface area contributed by atoms with Crippen LogP contribution in [-0.4, -0.2) is 13.0 Å². The van der Waals surface area contributed by atoms with E-state index in [2.05, 4.69) is 13.0 Å². The van der Waals surface area contributed by atoms with E-state index in [9.17, 15) is 13.0 Å². The third-order valence-electron chi connectivity index (χ3n) is 5.55. The number of aryl methyl sites for hydroxylation is 1. The fourth-order valence-corrected chi connectivity index (χ4v) is 4.27. The Morgan fingerprint density at radius 3 is 1.78 bits per heavy atom. The summed E-state index contributed by atoms with van der Waals surface area (Å²) in [5.74, 6) is 0.997. The van der Waals surface area contributed by atoms with Gasteiger partial charge in [-0.25, -0.2) is 8.42 Å². The van der Waals surface area contributed by atoms with E-state index in [0.29, 0.717) is 11.5 Å². The smallest absolute Gasteiger partial charge is 0.744 e. The van der Waals surface area contributed by atoms with Gasteiger partial charge in [0.1, 0.15) is 21.6 Å². The van der Waals surface area contributed by atoms with Crippen molar-refractivity contribution in [2.24, 2.45) is 0 Å². The number of ether oxygens (including phenoxy) is 1. The van der Waals surface area contributed by atoms with Gasteiger partial charge in [-0.15, -0.1) is 0 Å². The molecule has 0 amide bonds. The van der Waals surface area contributed by atoms with Crippen molar-refractivity contribution in [1.29, 1.82) is 0 Å². The maximum absolute atomic E-state index is 11.2. The predicted octanol–water partition coefficient (Wildman–Crippen LogP) is 4.63. The Kier molecular flexibility index (Phi) is 16.1. The summed E-state index contributed by atoms with van der Waals surface area (Å²) in [5.41, 5.74) is 1.21. The van der Waals surface area contributed by atoms with Crippen LogP contribution in [0.5, 0.6) is 11.5 Å². The normalized spacial score (nSPS) is 11.2. The molecule has 0 N–H and O–H groups in total. The zero-order valence-electron chi connectivity index (χ0n) is 19.9. The van der Waals surface area contributed by atoms with Crippen LogP contribution in [0.4, 0.5) is 0 Å². The molecule has 0 spiro atoms. The van der Waals surface area contributed by atoms with E-state index in [0.717, 1.165) is 12.8 Å². The van der Waals surface area contributed by atoms with Crippen LogP contribution in [0.1, 0.15) is 89.5 Å². The molecule has 0 saturated heterocycles. The van der Waals surface area contributed by atoms with Gasteiger partial charge in [0.15, 0.2) is 0 Å². The van der Waals surface area contributed by atoms with Gasteiger partial charge < -0.3 is 9.29 Å². The zero-order chi connectivity index (χ0) is 22.4. The molecule has 0 aliphatic carbocycles. The van der Waals surface area contributed by atoms with Gasteiger partial charge >= 0.3 is 51.4 Å². The largest absolute Gasteiger partial charge is 1.00 e. The summed E-state index contributed by atoms with van der Waals surface area (Å²) in [7, 11) is -4.49. The minimum atomic E-state index is -4.49. The first-order valence-electron chi connectivity index (χ1n) is 11.8. The van der Waals surface area contributed by atoms with Crippen LogP contribution in [-0.2, 0) is 16.5 Å². The molecule has 172 valence electrons. The first-order chi connectivity index (χ1) is 15.0. The zero-order valence-corrected chi connectivity index (χ0v) is 23.8. The second-order valence-electron chi connectivity index (χ2n) is 8.32. The van der Waals surface area contributed by atoms with Crippen molar-refractivity contribution in [2.45, 2.75) is 95.3 Å². The Labute approximate surface area is 237 Å². The van der Waals surface area contributed by atoms with Gasteiger partial charge in [-0.3, -0.25) is 0 Å². The van der Waals surface area contributed by atoms with Gasteiger partial charge in [-0.05, 0) is 48.7 Å². The molecular weight excluding hydrogens is 447 g/mol. The summed E-state index contributed by atoms with van der Waals surface area (Å²) >= 11 is 0. The fourth-order valence-electron chi connectivity index (χ4n) is 3.76. The Morgan fingerprint density at radius 1 is 0.719 bits per heavy atom. The van der Waals surface area contributed by atoms with Gasteiger partial charge in [0.2, 0.25) is 0 Å². The molecule has 32 heavy (non-hydrogen) atoms. The number of hydrogen-bond donors (Lipinski definition) is 0. The van der Waals surface area contributed by atoms with Crippen LogP contribution in [0.2, 0.25) is 0 Å². The van der Waals surface area contributed by atoms with E-state index in [-0.39, 0.29) is 56.3 Å². The molecular formula is C26H37KO4S. The van der Waals surface area contributed by atoms with Crippen molar-refractivity contribution in [2.75, 3.05) is 0 Å². The minimum absolute atomic E-state index is 0. The molecule has 2 rings (SSSR count). The molecule has 0 saturated carbocycles. The van der Waals surface area contributed by atoms with E-state index in [1.165, 1.54) is 94.4 Å². The Morgan fingerprint density at radius 2 is 1.22 bits per heavy atom. The summed E-state index contributed by atoms with van der Waals surface area (Å²) in [4.78, 5) is -0.280. The van der Waals surface area contributed by atoms with Crippen LogP contribution in [0.3, 0.4) is 0 Å². The van der Waals surface area contributed by atoms with Gasteiger partial charge in [0.25, 0.3) is 0 Å². The van der Waals surface area contributed by atoms with Crippen LogP contribution >= 0.6 is 0 Å². The number of rotatable bonds is 16. The Bertz CT molecular complexity index is 868. The van der Waals surface area contributed by atoms with Crippen LogP contribution in [0.25, 0.3) is 0 Å². The van der Waals surface area contributed by atoms with Gasteiger partial charge in [0.05, 0.1) is 4.90 Å². The molecule has 0 fully saturated rings. The van der Waals surface area contributed by atoms with Crippen molar-refractivity contribution in [3.63, 3.8) is 0 Å². The first-order valence-corrected chi connectivity index (χ1v) is 13.2. The van der Waals surface area contributed by atoms with Crippen molar-refractivity contribution in [3.8, 4) is 11.5 Å². The number of unbranched alkanes of at least 4 members (excludes halogenated alkanes) is 11. The standard InChI is InChI=1S/C26H38O4S.K/c1-2-3-4-5-6-7-8-9-10-11-12-13-16-23-17-14-18-24(21-23)30-25-19-15-20-26(22-25)31(27,28)29;/h14-15,17-22H,2-13,16H2,1H3,(H,27,28,29);/q;+1/p-1. The summed E-state index contributed by atoms with van der Waals surface area (Å²) in [5, 5.41) is 0. The maximum Gasteiger partial charge on any atom is 1.00 e. The third-order valence-corrected chi connectivity index (χ3v) is 6.38. The average Bonchev–Trinajstić information content (AvgIpc) is 2.74. The second kappa shape index (κ2) is 17.3. The average molecular weight is 485 g/mol. The minimum Gasteiger partial charge on any atom is -0.744 e. The van der Waals surface area contributed by atoms with Gasteiger partial charge in [-0.1, -0.05) is 95.8 Å². The first kappa shape index (κ1) is 29.8. The molecule has 4 nitrogen and oxygen atoms in total. The molecule has 2 aromatic carbocycles. The van der Waals surface area contributed by atoms with Crippen LogP contribution in [0, 0.1) is 0 Å². The van der Waals surface area contributed by atoms with E-state index in [1.807, 2.05) is 18.2 Å². The predicted molar refractivity (Wildman–Crippen MR) is 126 cm³/mol. The van der Waals surface area contributed by atoms with Gasteiger partial charge in [-0.2, -0.15) is 0 Å². The summed E-state index contributed by atoms with van der Waals surface area (Å²) in [6.45, 7) is 2.26. The summed E-state index contributed by atoms with van der Waals surface area (Å²) in [6, 6.07) is 13.5. The van der Waals surface area contributed by atoms with E-state index in [4.69, 9.17) is 4.74 Å². The SMILES string of the molecule is CCCCCCCCCCCCCCc1cccc(Oc2cccc(S(=O)(=O)[O-])c2)c1.[K+]. The molecule has 0 aromatic heterocycles. The van der Waals surface area contributed by atoms with Crippen LogP contribution in [0.15, 0.2) is 53.4 Å². The van der Waals surface area contributed by atoms with Crippen molar-refractivity contribution in [1.82, 2.24) is 0 Å². The Hall–Kier alpha value is -0.214. The quantitative estimate of drug-likeness (QED) is 0.198. The molecule has 0 bridgehead atoms. The van der Waals surface area contributed by atoms with Crippen molar-refractivity contribution in [3.05, 3.63) is 54.1 Å². The third kappa shape index (κ3) is 12.9. The second-order valence-corrected chi connectivity index (χ2v) is 9.70. The molecule has 0 unspecified atom stereocenters. The van der Waals surface area contributed by atoms with Crippen molar-refractivity contribution >= 4 is 10.1 Å².